The molecule has 0 bridgehead atoms. The number of benzene rings is 2. The Bertz CT molecular complexity index is 1080. The van der Waals surface area contributed by atoms with Gasteiger partial charge in [-0.15, -0.1) is 41.1 Å². The van der Waals surface area contributed by atoms with E-state index in [4.69, 9.17) is 0 Å². The fraction of sp³-hybridized carbons (Fsp3) is 0.125. The number of halogens is 2. The zero-order valence-corrected chi connectivity index (χ0v) is 20.2. The van der Waals surface area contributed by atoms with Gasteiger partial charge in [0.2, 0.25) is 0 Å². The van der Waals surface area contributed by atoms with Gasteiger partial charge in [0.05, 0.1) is 11.7 Å². The van der Waals surface area contributed by atoms with Gasteiger partial charge in [-0.1, -0.05) is 44.0 Å². The largest absolute Gasteiger partial charge is 4.00 e. The second kappa shape index (κ2) is 12.1. The zero-order chi connectivity index (χ0) is 17.8. The Balaban J connectivity index is 0.000000332. The van der Waals surface area contributed by atoms with Crippen molar-refractivity contribution in [3.63, 3.8) is 0 Å². The van der Waals surface area contributed by atoms with Crippen molar-refractivity contribution in [1.29, 1.82) is 0 Å². The third-order valence-electron chi connectivity index (χ3n) is 4.59. The van der Waals surface area contributed by atoms with Gasteiger partial charge >= 0.3 is 26.2 Å². The van der Waals surface area contributed by atoms with Gasteiger partial charge in [0, 0.05) is 5.39 Å². The first kappa shape index (κ1) is 25.4. The maximum Gasteiger partial charge on any atom is 4.00 e. The van der Waals surface area contributed by atoms with Crippen LogP contribution in [0, 0.1) is 0 Å². The summed E-state index contributed by atoms with van der Waals surface area (Å²) in [5.41, 5.74) is 3.73. The molecule has 0 amide bonds. The Morgan fingerprint density at radius 2 is 1.55 bits per heavy atom. The van der Waals surface area contributed by atoms with E-state index in [1.807, 2.05) is 23.0 Å². The van der Waals surface area contributed by atoms with Crippen molar-refractivity contribution in [1.82, 2.24) is 9.78 Å². The number of nitrogens with zero attached hydrogens (tertiary/aromatic N) is 2. The summed E-state index contributed by atoms with van der Waals surface area (Å²) >= 11 is 0. The third kappa shape index (κ3) is 5.92. The molecule has 0 saturated heterocycles. The summed E-state index contributed by atoms with van der Waals surface area (Å²) in [7, 11) is 0. The molecule has 0 spiro atoms. The summed E-state index contributed by atoms with van der Waals surface area (Å²) in [6, 6.07) is 29.5. The molecule has 0 aliphatic heterocycles. The first-order chi connectivity index (χ1) is 12.8. The molecule has 2 nitrogen and oxygen atoms in total. The van der Waals surface area contributed by atoms with Crippen molar-refractivity contribution in [2.75, 3.05) is 0 Å². The van der Waals surface area contributed by atoms with E-state index in [-0.39, 0.29) is 51.0 Å². The van der Waals surface area contributed by atoms with Crippen molar-refractivity contribution in [2.24, 2.45) is 0 Å². The SMILES string of the molecule is CCC[c-]1cccc1.[Cl-].[Cl-].[Zr+4].c1ccc2[cH-]c(-n3ncc4ccccc43)cc2c1. The van der Waals surface area contributed by atoms with Crippen LogP contribution in [-0.2, 0) is 32.6 Å². The number of aromatic nitrogens is 2. The number of para-hydroxylation sites is 1. The average Bonchev–Trinajstić information content (AvgIpc) is 3.41. The van der Waals surface area contributed by atoms with E-state index in [0.29, 0.717) is 0 Å². The Morgan fingerprint density at radius 1 is 0.897 bits per heavy atom. The van der Waals surface area contributed by atoms with Gasteiger partial charge in [-0.2, -0.15) is 22.8 Å². The van der Waals surface area contributed by atoms with Gasteiger partial charge in [-0.05, 0) is 11.8 Å². The average molecular weight is 501 g/mol. The standard InChI is InChI=1S/C16H11N2.C8H11.2ClH.Zr/c1-2-6-13-10-15(9-12(13)5-1)18-16-8-4-3-7-14(16)11-17-18;1-2-5-8-6-3-4-7-8;;;/h1-11H;3-4,6-7H,2,5H2,1H3;2*1H;/q2*-1;;;+4/p-2. The maximum atomic E-state index is 4.48. The fourth-order valence-corrected chi connectivity index (χ4v) is 3.30. The van der Waals surface area contributed by atoms with Crippen LogP contribution in [0.5, 0.6) is 0 Å². The summed E-state index contributed by atoms with van der Waals surface area (Å²) in [6.45, 7) is 2.20. The predicted molar refractivity (Wildman–Crippen MR) is 110 cm³/mol. The van der Waals surface area contributed by atoms with Crippen LogP contribution < -0.4 is 24.8 Å². The Labute approximate surface area is 203 Å². The van der Waals surface area contributed by atoms with Crippen LogP contribution in [0.15, 0.2) is 91.1 Å². The van der Waals surface area contributed by atoms with Crippen LogP contribution in [0.3, 0.4) is 0 Å². The first-order valence-corrected chi connectivity index (χ1v) is 9.14. The van der Waals surface area contributed by atoms with Crippen molar-refractivity contribution in [3.05, 3.63) is 96.7 Å². The number of hydrogen-bond acceptors (Lipinski definition) is 1. The molecule has 5 rings (SSSR count). The third-order valence-corrected chi connectivity index (χ3v) is 4.59. The van der Waals surface area contributed by atoms with Crippen LogP contribution in [0.25, 0.3) is 27.4 Å². The van der Waals surface area contributed by atoms with Gasteiger partial charge in [0.1, 0.15) is 0 Å². The summed E-state index contributed by atoms with van der Waals surface area (Å²) in [4.78, 5) is 0. The summed E-state index contributed by atoms with van der Waals surface area (Å²) in [5.74, 6) is 0. The van der Waals surface area contributed by atoms with Crippen molar-refractivity contribution in [3.8, 4) is 5.69 Å². The van der Waals surface area contributed by atoms with E-state index in [1.165, 1.54) is 34.6 Å². The van der Waals surface area contributed by atoms with Crippen LogP contribution in [0.1, 0.15) is 18.9 Å². The molecule has 4 aromatic carbocycles. The van der Waals surface area contributed by atoms with E-state index in [1.54, 1.807) is 0 Å². The molecule has 29 heavy (non-hydrogen) atoms. The zero-order valence-electron chi connectivity index (χ0n) is 16.2. The van der Waals surface area contributed by atoms with Crippen LogP contribution >= 0.6 is 0 Å². The van der Waals surface area contributed by atoms with Crippen LogP contribution in [0.2, 0.25) is 0 Å². The van der Waals surface area contributed by atoms with Gasteiger partial charge < -0.3 is 24.8 Å². The smallest absolute Gasteiger partial charge is 1.00 e. The minimum Gasteiger partial charge on any atom is -1.00 e. The number of fused-ring (bicyclic) bond motifs is 2. The van der Waals surface area contributed by atoms with Crippen molar-refractivity contribution < 1.29 is 51.0 Å². The fourth-order valence-electron chi connectivity index (χ4n) is 3.30. The second-order valence-corrected chi connectivity index (χ2v) is 6.50. The molecule has 0 radical (unpaired) electrons. The first-order valence-electron chi connectivity index (χ1n) is 9.14. The number of rotatable bonds is 3. The minimum absolute atomic E-state index is 0. The van der Waals surface area contributed by atoms with E-state index < -0.39 is 0 Å². The number of aryl methyl sites for hydroxylation is 1. The molecule has 0 unspecified atom stereocenters. The Kier molecular flexibility index (Phi) is 10.6. The van der Waals surface area contributed by atoms with Gasteiger partial charge in [0.15, 0.2) is 0 Å². The minimum atomic E-state index is 0. The molecule has 146 valence electrons. The van der Waals surface area contributed by atoms with Crippen molar-refractivity contribution >= 4 is 21.7 Å². The Morgan fingerprint density at radius 3 is 2.24 bits per heavy atom. The Hall–Kier alpha value is -1.67. The number of hydrogen-bond donors (Lipinski definition) is 0. The molecule has 0 N–H and O–H groups in total. The molecular formula is C24H22Cl2N2Zr. The monoisotopic (exact) mass is 498 g/mol. The topological polar surface area (TPSA) is 17.8 Å². The predicted octanol–water partition coefficient (Wildman–Crippen LogP) is 0.261. The summed E-state index contributed by atoms with van der Waals surface area (Å²) in [6.07, 6.45) is 4.39. The van der Waals surface area contributed by atoms with Crippen molar-refractivity contribution in [2.45, 2.75) is 19.8 Å². The van der Waals surface area contributed by atoms with E-state index >= 15 is 0 Å². The van der Waals surface area contributed by atoms with Gasteiger partial charge in [-0.3, -0.25) is 4.68 Å². The molecule has 1 heterocycles. The van der Waals surface area contributed by atoms with Crippen LogP contribution in [-0.4, -0.2) is 9.78 Å². The van der Waals surface area contributed by atoms with Gasteiger partial charge in [-0.25, -0.2) is 12.1 Å². The molecule has 0 aliphatic carbocycles. The molecule has 0 atom stereocenters. The normalized spacial score (nSPS) is 9.69. The second-order valence-electron chi connectivity index (χ2n) is 6.50. The molecular weight excluding hydrogens is 478 g/mol. The molecule has 5 heteroatoms. The quantitative estimate of drug-likeness (QED) is 0.325. The molecule has 5 aromatic rings. The van der Waals surface area contributed by atoms with Gasteiger partial charge in [0.25, 0.3) is 0 Å². The molecule has 0 fully saturated rings. The van der Waals surface area contributed by atoms with Crippen LogP contribution in [0.4, 0.5) is 0 Å². The van der Waals surface area contributed by atoms with E-state index in [9.17, 15) is 0 Å². The molecule has 1 aromatic heterocycles. The maximum absolute atomic E-state index is 4.48. The summed E-state index contributed by atoms with van der Waals surface area (Å²) in [5, 5.41) is 8.16. The summed E-state index contributed by atoms with van der Waals surface area (Å²) < 4.78 is 2.00. The van der Waals surface area contributed by atoms with E-state index in [2.05, 4.69) is 84.8 Å². The molecule has 0 aliphatic rings. The van der Waals surface area contributed by atoms with E-state index in [0.717, 1.165) is 11.2 Å². The molecule has 0 saturated carbocycles.